The van der Waals surface area contributed by atoms with Crippen LogP contribution in [0.1, 0.15) is 31.2 Å². The Morgan fingerprint density at radius 2 is 1.79 bits per heavy atom. The predicted molar refractivity (Wildman–Crippen MR) is 126 cm³/mol. The van der Waals surface area contributed by atoms with E-state index in [4.69, 9.17) is 5.73 Å². The molecule has 3 heterocycles. The minimum absolute atomic E-state index is 0.137. The molecule has 2 aliphatic rings. The molecule has 4 rings (SSSR count). The zero-order valence-electron chi connectivity index (χ0n) is 18.9. The number of carbonyl (C=O) groups is 2. The van der Waals surface area contributed by atoms with Gasteiger partial charge in [-0.15, -0.1) is 0 Å². The predicted octanol–water partition coefficient (Wildman–Crippen LogP) is 1.41. The first-order chi connectivity index (χ1) is 16.4. The largest absolute Gasteiger partial charge is 0.368 e. The second-order valence-corrected chi connectivity index (χ2v) is 8.78. The van der Waals surface area contributed by atoms with Crippen molar-refractivity contribution in [2.75, 3.05) is 36.0 Å². The van der Waals surface area contributed by atoms with Crippen LogP contribution in [0.25, 0.3) is 0 Å². The topological polar surface area (TPSA) is 148 Å². The summed E-state index contributed by atoms with van der Waals surface area (Å²) >= 11 is 0. The number of benzene rings is 1. The fourth-order valence-corrected chi connectivity index (χ4v) is 4.85. The van der Waals surface area contributed by atoms with Crippen LogP contribution in [-0.4, -0.2) is 58.9 Å². The van der Waals surface area contributed by atoms with E-state index in [2.05, 4.69) is 27.4 Å². The lowest BCUT2D eigenvalue weighted by Gasteiger charge is -2.33. The molecule has 1 aromatic heterocycles. The molecule has 180 valence electrons. The summed E-state index contributed by atoms with van der Waals surface area (Å²) < 4.78 is 0. The summed E-state index contributed by atoms with van der Waals surface area (Å²) in [4.78, 5) is 47.4. The molecule has 11 heteroatoms. The standard InChI is InChI=1S/C23H29N7O4/c24-19(31)14-25-23(32)18-7-4-10-29(18)22-20(30(33)34)21(26-15-27-22)28-11-8-17(9-12-28)13-16-5-2-1-3-6-16/h1-3,5-6,15,17-18H,4,7-14H2,(H2,24,31)(H,25,32). The van der Waals surface area contributed by atoms with Crippen molar-refractivity contribution < 1.29 is 14.5 Å². The van der Waals surface area contributed by atoms with Crippen molar-refractivity contribution in [2.24, 2.45) is 11.7 Å². The summed E-state index contributed by atoms with van der Waals surface area (Å²) in [5.41, 5.74) is 6.24. The molecule has 2 fully saturated rings. The molecule has 1 aromatic carbocycles. The first-order valence-corrected chi connectivity index (χ1v) is 11.5. The number of primary amides is 1. The number of nitrogens with zero attached hydrogens (tertiary/aromatic N) is 5. The number of anilines is 2. The Labute approximate surface area is 197 Å². The van der Waals surface area contributed by atoms with Crippen LogP contribution in [0.15, 0.2) is 36.7 Å². The monoisotopic (exact) mass is 467 g/mol. The maximum Gasteiger partial charge on any atom is 0.353 e. The third-order valence-corrected chi connectivity index (χ3v) is 6.51. The van der Waals surface area contributed by atoms with Gasteiger partial charge in [-0.2, -0.15) is 0 Å². The Morgan fingerprint density at radius 3 is 2.47 bits per heavy atom. The molecule has 0 saturated carbocycles. The number of hydrogen-bond acceptors (Lipinski definition) is 8. The van der Waals surface area contributed by atoms with Crippen molar-refractivity contribution in [3.63, 3.8) is 0 Å². The molecule has 11 nitrogen and oxygen atoms in total. The molecular weight excluding hydrogens is 438 g/mol. The van der Waals surface area contributed by atoms with Gasteiger partial charge in [0.2, 0.25) is 23.5 Å². The number of nitrogens with two attached hydrogens (primary N) is 1. The van der Waals surface area contributed by atoms with Crippen molar-refractivity contribution in [3.05, 3.63) is 52.3 Å². The number of carbonyl (C=O) groups excluding carboxylic acids is 2. The fraction of sp³-hybridized carbons (Fsp3) is 0.478. The van der Waals surface area contributed by atoms with E-state index in [1.807, 2.05) is 23.1 Å². The van der Waals surface area contributed by atoms with E-state index in [1.165, 1.54) is 11.9 Å². The average Bonchev–Trinajstić information content (AvgIpc) is 3.33. The molecule has 2 amide bonds. The summed E-state index contributed by atoms with van der Waals surface area (Å²) in [5, 5.41) is 14.6. The molecule has 2 aliphatic heterocycles. The summed E-state index contributed by atoms with van der Waals surface area (Å²) in [6, 6.07) is 9.67. The first-order valence-electron chi connectivity index (χ1n) is 11.5. The molecule has 2 aromatic rings. The molecule has 0 radical (unpaired) electrons. The van der Waals surface area contributed by atoms with Crippen LogP contribution < -0.4 is 20.9 Å². The van der Waals surface area contributed by atoms with Gasteiger partial charge >= 0.3 is 5.69 Å². The maximum atomic E-state index is 12.6. The van der Waals surface area contributed by atoms with Gasteiger partial charge < -0.3 is 20.9 Å². The van der Waals surface area contributed by atoms with Crippen LogP contribution in [0.3, 0.4) is 0 Å². The van der Waals surface area contributed by atoms with E-state index >= 15 is 0 Å². The minimum atomic E-state index is -0.655. The average molecular weight is 468 g/mol. The highest BCUT2D eigenvalue weighted by molar-refractivity contribution is 5.90. The van der Waals surface area contributed by atoms with Gasteiger partial charge in [0.1, 0.15) is 12.4 Å². The Hall–Kier alpha value is -3.76. The third kappa shape index (κ3) is 5.24. The SMILES string of the molecule is NC(=O)CNC(=O)C1CCCN1c1ncnc(N2CCC(Cc3ccccc3)CC2)c1[N+](=O)[O-]. The van der Waals surface area contributed by atoms with E-state index in [1.54, 1.807) is 4.90 Å². The van der Waals surface area contributed by atoms with Crippen LogP contribution in [0.5, 0.6) is 0 Å². The molecule has 2 saturated heterocycles. The molecular formula is C23H29N7O4. The minimum Gasteiger partial charge on any atom is -0.368 e. The van der Waals surface area contributed by atoms with Crippen molar-refractivity contribution in [3.8, 4) is 0 Å². The summed E-state index contributed by atoms with van der Waals surface area (Å²) in [6.45, 7) is 1.50. The van der Waals surface area contributed by atoms with Crippen molar-refractivity contribution in [1.82, 2.24) is 15.3 Å². The molecule has 0 spiro atoms. The van der Waals surface area contributed by atoms with E-state index in [0.29, 0.717) is 38.4 Å². The van der Waals surface area contributed by atoms with Crippen LogP contribution in [0, 0.1) is 16.0 Å². The number of piperidine rings is 1. The maximum absolute atomic E-state index is 12.6. The summed E-state index contributed by atoms with van der Waals surface area (Å²) in [6.07, 6.45) is 5.31. The van der Waals surface area contributed by atoms with E-state index in [0.717, 1.165) is 19.3 Å². The van der Waals surface area contributed by atoms with Crippen LogP contribution in [0.2, 0.25) is 0 Å². The van der Waals surface area contributed by atoms with Gasteiger partial charge in [0, 0.05) is 19.6 Å². The second kappa shape index (κ2) is 10.4. The highest BCUT2D eigenvalue weighted by Gasteiger charge is 2.38. The molecule has 0 aliphatic carbocycles. The number of hydrogen-bond donors (Lipinski definition) is 2. The Balaban J connectivity index is 1.51. The normalized spacial score (nSPS) is 18.6. The van der Waals surface area contributed by atoms with Crippen LogP contribution in [-0.2, 0) is 16.0 Å². The highest BCUT2D eigenvalue weighted by Crippen LogP contribution is 2.38. The number of nitro groups is 1. The quantitative estimate of drug-likeness (QED) is 0.437. The third-order valence-electron chi connectivity index (χ3n) is 6.51. The van der Waals surface area contributed by atoms with Gasteiger partial charge in [0.15, 0.2) is 0 Å². The van der Waals surface area contributed by atoms with Gasteiger partial charge in [-0.3, -0.25) is 19.7 Å². The van der Waals surface area contributed by atoms with Gasteiger partial charge in [-0.05, 0) is 43.6 Å². The van der Waals surface area contributed by atoms with Gasteiger partial charge in [0.05, 0.1) is 11.5 Å². The first kappa shape index (κ1) is 23.4. The van der Waals surface area contributed by atoms with Crippen LogP contribution in [0.4, 0.5) is 17.3 Å². The van der Waals surface area contributed by atoms with Crippen molar-refractivity contribution >= 4 is 29.1 Å². The zero-order chi connectivity index (χ0) is 24.1. The Kier molecular flexibility index (Phi) is 7.19. The van der Waals surface area contributed by atoms with Crippen LogP contribution >= 0.6 is 0 Å². The number of nitrogens with one attached hydrogen (secondary N) is 1. The molecule has 1 unspecified atom stereocenters. The molecule has 34 heavy (non-hydrogen) atoms. The Bertz CT molecular complexity index is 1040. The molecule has 1 atom stereocenters. The summed E-state index contributed by atoms with van der Waals surface area (Å²) in [5.74, 6) is -0.109. The van der Waals surface area contributed by atoms with E-state index in [9.17, 15) is 19.7 Å². The van der Waals surface area contributed by atoms with Gasteiger partial charge in [0.25, 0.3) is 0 Å². The number of aromatic nitrogens is 2. The lowest BCUT2D eigenvalue weighted by Crippen LogP contribution is -2.46. The van der Waals surface area contributed by atoms with E-state index < -0.39 is 22.8 Å². The second-order valence-electron chi connectivity index (χ2n) is 8.78. The lowest BCUT2D eigenvalue weighted by atomic mass is 9.90. The van der Waals surface area contributed by atoms with E-state index in [-0.39, 0.29) is 23.9 Å². The highest BCUT2D eigenvalue weighted by atomic mass is 16.6. The zero-order valence-corrected chi connectivity index (χ0v) is 18.9. The van der Waals surface area contributed by atoms with Gasteiger partial charge in [-0.1, -0.05) is 30.3 Å². The van der Waals surface area contributed by atoms with Gasteiger partial charge in [-0.25, -0.2) is 9.97 Å². The number of rotatable bonds is 8. The lowest BCUT2D eigenvalue weighted by molar-refractivity contribution is -0.383. The Morgan fingerprint density at radius 1 is 1.09 bits per heavy atom. The van der Waals surface area contributed by atoms with Crippen molar-refractivity contribution in [2.45, 2.75) is 38.1 Å². The fourth-order valence-electron chi connectivity index (χ4n) is 4.85. The molecule has 0 bridgehead atoms. The number of amides is 2. The smallest absolute Gasteiger partial charge is 0.353 e. The summed E-state index contributed by atoms with van der Waals surface area (Å²) in [7, 11) is 0. The van der Waals surface area contributed by atoms with Crippen molar-refractivity contribution in [1.29, 1.82) is 0 Å². The molecule has 3 N–H and O–H groups in total.